The number of hydrogen-bond acceptors (Lipinski definition) is 5. The highest BCUT2D eigenvalue weighted by atomic mass is 32.1. The number of hydrogen-bond donors (Lipinski definition) is 2. The molecule has 0 radical (unpaired) electrons. The number of piperidine rings is 1. The molecule has 0 unspecified atom stereocenters. The van der Waals surface area contributed by atoms with Crippen molar-refractivity contribution >= 4 is 17.3 Å². The Balaban J connectivity index is 1.42. The van der Waals surface area contributed by atoms with Gasteiger partial charge in [0.15, 0.2) is 5.96 Å². The van der Waals surface area contributed by atoms with Crippen LogP contribution in [0.5, 0.6) is 5.75 Å². The molecule has 0 aliphatic carbocycles. The molecular weight excluding hydrogens is 394 g/mol. The summed E-state index contributed by atoms with van der Waals surface area (Å²) in [7, 11) is 1.69. The average molecular weight is 430 g/mol. The summed E-state index contributed by atoms with van der Waals surface area (Å²) >= 11 is 1.79. The maximum Gasteiger partial charge on any atom is 0.191 e. The van der Waals surface area contributed by atoms with Crippen molar-refractivity contribution in [3.8, 4) is 5.75 Å². The standard InChI is InChI=1S/C23H35N5OS/c1-4-22-27-20(17-30-22)16-28-12-10-19(11-13-28)15-26-23(24-5-2)25-14-18-6-8-21(29-3)9-7-18/h6-9,17,19H,4-5,10-16H2,1-3H3,(H2,24,25,26). The molecule has 3 rings (SSSR count). The van der Waals surface area contributed by atoms with Crippen LogP contribution in [-0.2, 0) is 19.5 Å². The molecule has 164 valence electrons. The van der Waals surface area contributed by atoms with Crippen molar-refractivity contribution in [3.63, 3.8) is 0 Å². The molecule has 7 heteroatoms. The number of aromatic nitrogens is 1. The highest BCUT2D eigenvalue weighted by molar-refractivity contribution is 7.09. The summed E-state index contributed by atoms with van der Waals surface area (Å²) in [4.78, 5) is 12.0. The van der Waals surface area contributed by atoms with Gasteiger partial charge in [-0.1, -0.05) is 19.1 Å². The van der Waals surface area contributed by atoms with Crippen molar-refractivity contribution in [3.05, 3.63) is 45.9 Å². The van der Waals surface area contributed by atoms with Crippen LogP contribution in [0.1, 0.15) is 43.0 Å². The Morgan fingerprint density at radius 1 is 1.20 bits per heavy atom. The lowest BCUT2D eigenvalue weighted by atomic mass is 9.97. The van der Waals surface area contributed by atoms with Gasteiger partial charge < -0.3 is 15.4 Å². The minimum absolute atomic E-state index is 0.658. The molecule has 0 bridgehead atoms. The predicted octanol–water partition coefficient (Wildman–Crippen LogP) is 3.68. The van der Waals surface area contributed by atoms with Gasteiger partial charge in [-0.05, 0) is 62.9 Å². The van der Waals surface area contributed by atoms with E-state index in [1.807, 2.05) is 12.1 Å². The van der Waals surface area contributed by atoms with Crippen molar-refractivity contribution in [1.82, 2.24) is 20.5 Å². The van der Waals surface area contributed by atoms with E-state index in [0.717, 1.165) is 50.9 Å². The minimum Gasteiger partial charge on any atom is -0.497 e. The largest absolute Gasteiger partial charge is 0.497 e. The zero-order chi connectivity index (χ0) is 21.2. The molecule has 1 aromatic carbocycles. The topological polar surface area (TPSA) is 61.8 Å². The van der Waals surface area contributed by atoms with Crippen LogP contribution in [0.2, 0.25) is 0 Å². The third-order valence-electron chi connectivity index (χ3n) is 5.48. The van der Waals surface area contributed by atoms with Gasteiger partial charge in [0.05, 0.1) is 24.4 Å². The summed E-state index contributed by atoms with van der Waals surface area (Å²) in [6, 6.07) is 8.09. The van der Waals surface area contributed by atoms with Gasteiger partial charge in [0.2, 0.25) is 0 Å². The van der Waals surface area contributed by atoms with Gasteiger partial charge in [-0.25, -0.2) is 9.98 Å². The highest BCUT2D eigenvalue weighted by Crippen LogP contribution is 2.19. The molecule has 0 amide bonds. The summed E-state index contributed by atoms with van der Waals surface area (Å²) in [5.74, 6) is 2.46. The van der Waals surface area contributed by atoms with E-state index in [0.29, 0.717) is 12.5 Å². The summed E-state index contributed by atoms with van der Waals surface area (Å²) in [6.45, 7) is 10.0. The van der Waals surface area contributed by atoms with Gasteiger partial charge in [0, 0.05) is 25.0 Å². The van der Waals surface area contributed by atoms with E-state index in [1.54, 1.807) is 18.4 Å². The van der Waals surface area contributed by atoms with Crippen molar-refractivity contribution in [2.45, 2.75) is 46.2 Å². The Kier molecular flexibility index (Phi) is 8.96. The maximum atomic E-state index is 5.22. The molecule has 30 heavy (non-hydrogen) atoms. The third kappa shape index (κ3) is 6.99. The van der Waals surface area contributed by atoms with Crippen molar-refractivity contribution in [1.29, 1.82) is 0 Å². The maximum absolute atomic E-state index is 5.22. The average Bonchev–Trinajstić information content (AvgIpc) is 3.24. The molecule has 1 fully saturated rings. The number of methoxy groups -OCH3 is 1. The third-order valence-corrected chi connectivity index (χ3v) is 6.52. The second-order valence-corrected chi connectivity index (χ2v) is 8.67. The number of nitrogens with one attached hydrogen (secondary N) is 2. The number of aliphatic imine (C=N–C) groups is 1. The molecule has 2 heterocycles. The Morgan fingerprint density at radius 3 is 2.60 bits per heavy atom. The molecule has 2 aromatic rings. The molecule has 1 aliphatic rings. The number of aryl methyl sites for hydroxylation is 1. The van der Waals surface area contributed by atoms with Crippen LogP contribution in [0.15, 0.2) is 34.6 Å². The lowest BCUT2D eigenvalue weighted by Gasteiger charge is -2.31. The van der Waals surface area contributed by atoms with Crippen LogP contribution in [0.25, 0.3) is 0 Å². The van der Waals surface area contributed by atoms with E-state index < -0.39 is 0 Å². The Labute approximate surface area is 184 Å². The first-order valence-electron chi connectivity index (χ1n) is 11.0. The first kappa shape index (κ1) is 22.6. The number of thiazole rings is 1. The number of rotatable bonds is 9. The Bertz CT molecular complexity index is 781. The molecule has 1 saturated heterocycles. The van der Waals surface area contributed by atoms with Crippen LogP contribution < -0.4 is 15.4 Å². The first-order chi connectivity index (χ1) is 14.7. The quantitative estimate of drug-likeness (QED) is 0.470. The molecule has 0 saturated carbocycles. The highest BCUT2D eigenvalue weighted by Gasteiger charge is 2.20. The number of guanidine groups is 1. The number of nitrogens with zero attached hydrogens (tertiary/aromatic N) is 3. The van der Waals surface area contributed by atoms with Crippen LogP contribution in [0.3, 0.4) is 0 Å². The van der Waals surface area contributed by atoms with E-state index in [2.05, 4.69) is 46.9 Å². The second-order valence-electron chi connectivity index (χ2n) is 7.73. The SMILES string of the molecule is CCNC(=NCc1ccc(OC)cc1)NCC1CCN(Cc2csc(CC)n2)CC1. The Morgan fingerprint density at radius 2 is 1.97 bits per heavy atom. The fourth-order valence-corrected chi connectivity index (χ4v) is 4.38. The first-order valence-corrected chi connectivity index (χ1v) is 11.9. The summed E-state index contributed by atoms with van der Waals surface area (Å²) in [5.41, 5.74) is 2.41. The van der Waals surface area contributed by atoms with E-state index in [4.69, 9.17) is 14.7 Å². The van der Waals surface area contributed by atoms with Crippen LogP contribution >= 0.6 is 11.3 Å². The lowest BCUT2D eigenvalue weighted by Crippen LogP contribution is -2.42. The molecule has 0 spiro atoms. The van der Waals surface area contributed by atoms with Crippen LogP contribution in [0, 0.1) is 5.92 Å². The molecule has 0 atom stereocenters. The van der Waals surface area contributed by atoms with Gasteiger partial charge in [-0.3, -0.25) is 4.90 Å². The number of benzene rings is 1. The normalized spacial score (nSPS) is 15.9. The zero-order valence-corrected chi connectivity index (χ0v) is 19.3. The zero-order valence-electron chi connectivity index (χ0n) is 18.5. The van der Waals surface area contributed by atoms with Crippen LogP contribution in [-0.4, -0.2) is 49.1 Å². The minimum atomic E-state index is 0.658. The van der Waals surface area contributed by atoms with Crippen molar-refractivity contribution in [2.75, 3.05) is 33.3 Å². The fraction of sp³-hybridized carbons (Fsp3) is 0.565. The van der Waals surface area contributed by atoms with Gasteiger partial charge in [-0.15, -0.1) is 11.3 Å². The molecule has 6 nitrogen and oxygen atoms in total. The number of ether oxygens (including phenoxy) is 1. The van der Waals surface area contributed by atoms with Gasteiger partial charge in [0.25, 0.3) is 0 Å². The van der Waals surface area contributed by atoms with E-state index in [-0.39, 0.29) is 0 Å². The van der Waals surface area contributed by atoms with E-state index >= 15 is 0 Å². The summed E-state index contributed by atoms with van der Waals surface area (Å²) in [5, 5.41) is 10.4. The number of likely N-dealkylation sites (tertiary alicyclic amines) is 1. The second kappa shape index (κ2) is 11.9. The van der Waals surface area contributed by atoms with Gasteiger partial charge in [0.1, 0.15) is 5.75 Å². The van der Waals surface area contributed by atoms with Crippen molar-refractivity contribution in [2.24, 2.45) is 10.9 Å². The van der Waals surface area contributed by atoms with Gasteiger partial charge >= 0.3 is 0 Å². The molecular formula is C23H35N5OS. The fourth-order valence-electron chi connectivity index (χ4n) is 3.65. The molecule has 1 aromatic heterocycles. The summed E-state index contributed by atoms with van der Waals surface area (Å²) < 4.78 is 5.22. The summed E-state index contributed by atoms with van der Waals surface area (Å²) in [6.07, 6.45) is 3.47. The molecule has 1 aliphatic heterocycles. The van der Waals surface area contributed by atoms with Crippen molar-refractivity contribution < 1.29 is 4.74 Å². The Hall–Kier alpha value is -2.12. The lowest BCUT2D eigenvalue weighted by molar-refractivity contribution is 0.176. The predicted molar refractivity (Wildman–Crippen MR) is 125 cm³/mol. The van der Waals surface area contributed by atoms with E-state index in [9.17, 15) is 0 Å². The smallest absolute Gasteiger partial charge is 0.191 e. The van der Waals surface area contributed by atoms with E-state index in [1.165, 1.54) is 29.1 Å². The van der Waals surface area contributed by atoms with Gasteiger partial charge in [-0.2, -0.15) is 0 Å². The van der Waals surface area contributed by atoms with Crippen LogP contribution in [0.4, 0.5) is 0 Å². The molecule has 2 N–H and O–H groups in total. The monoisotopic (exact) mass is 429 g/mol.